The van der Waals surface area contributed by atoms with E-state index >= 15 is 0 Å². The molecule has 3 rings (SSSR count). The van der Waals surface area contributed by atoms with Crippen LogP contribution in [0.15, 0.2) is 46.1 Å². The quantitative estimate of drug-likeness (QED) is 0.812. The van der Waals surface area contributed by atoms with E-state index in [9.17, 15) is 13.2 Å². The second-order valence-corrected chi connectivity index (χ2v) is 8.45. The van der Waals surface area contributed by atoms with Crippen molar-refractivity contribution >= 4 is 21.6 Å². The Morgan fingerprint density at radius 2 is 2.00 bits per heavy atom. The van der Waals surface area contributed by atoms with Crippen LogP contribution in [-0.2, 0) is 17.1 Å². The van der Waals surface area contributed by atoms with E-state index in [4.69, 9.17) is 16.3 Å². The standard InChI is InChI=1S/C17H19ClN2O4S/c1-12-8-15(10-17(21)19(12)2)24-14-6-7-20(11-14)25(22,23)16-5-3-4-13(18)9-16/h3-5,8-10,14H,6-7,11H2,1-2H3. The van der Waals surface area contributed by atoms with Gasteiger partial charge in [0.1, 0.15) is 11.9 Å². The minimum absolute atomic E-state index is 0.156. The molecule has 0 bridgehead atoms. The number of pyridine rings is 1. The van der Waals surface area contributed by atoms with Crippen molar-refractivity contribution in [3.8, 4) is 5.75 Å². The molecule has 1 aromatic carbocycles. The molecule has 1 atom stereocenters. The highest BCUT2D eigenvalue weighted by Gasteiger charge is 2.33. The highest BCUT2D eigenvalue weighted by molar-refractivity contribution is 7.89. The van der Waals surface area contributed by atoms with Crippen molar-refractivity contribution < 1.29 is 13.2 Å². The van der Waals surface area contributed by atoms with Gasteiger partial charge in [0.05, 0.1) is 11.4 Å². The van der Waals surface area contributed by atoms with E-state index in [0.717, 1.165) is 5.69 Å². The van der Waals surface area contributed by atoms with Crippen molar-refractivity contribution in [1.29, 1.82) is 0 Å². The van der Waals surface area contributed by atoms with Gasteiger partial charge in [-0.1, -0.05) is 17.7 Å². The van der Waals surface area contributed by atoms with Crippen molar-refractivity contribution in [2.45, 2.75) is 24.3 Å². The number of halogens is 1. The molecule has 1 unspecified atom stereocenters. The summed E-state index contributed by atoms with van der Waals surface area (Å²) in [6.07, 6.45) is 0.272. The fraction of sp³-hybridized carbons (Fsp3) is 0.353. The lowest BCUT2D eigenvalue weighted by molar-refractivity contribution is 0.214. The zero-order chi connectivity index (χ0) is 18.2. The van der Waals surface area contributed by atoms with E-state index in [1.165, 1.54) is 27.1 Å². The molecule has 1 saturated heterocycles. The molecule has 6 nitrogen and oxygen atoms in total. The van der Waals surface area contributed by atoms with Crippen molar-refractivity contribution in [2.75, 3.05) is 13.1 Å². The minimum atomic E-state index is -3.61. The summed E-state index contributed by atoms with van der Waals surface area (Å²) in [6.45, 7) is 2.42. The summed E-state index contributed by atoms with van der Waals surface area (Å²) >= 11 is 5.90. The summed E-state index contributed by atoms with van der Waals surface area (Å²) in [5.74, 6) is 0.465. The SMILES string of the molecule is Cc1cc(OC2CCN(S(=O)(=O)c3cccc(Cl)c3)C2)cc(=O)n1C. The molecule has 0 aliphatic carbocycles. The van der Waals surface area contributed by atoms with E-state index in [1.807, 2.05) is 6.92 Å². The molecular formula is C17H19ClN2O4S. The maximum atomic E-state index is 12.7. The average Bonchev–Trinajstić information content (AvgIpc) is 3.02. The Balaban J connectivity index is 1.75. The Labute approximate surface area is 151 Å². The molecule has 2 heterocycles. The maximum Gasteiger partial charge on any atom is 0.254 e. The van der Waals surface area contributed by atoms with E-state index in [1.54, 1.807) is 25.2 Å². The molecule has 0 radical (unpaired) electrons. The van der Waals surface area contributed by atoms with Gasteiger partial charge in [-0.05, 0) is 37.6 Å². The van der Waals surface area contributed by atoms with Crippen LogP contribution in [0.3, 0.4) is 0 Å². The second kappa shape index (κ2) is 6.82. The van der Waals surface area contributed by atoms with E-state index in [2.05, 4.69) is 0 Å². The number of sulfonamides is 1. The van der Waals surface area contributed by atoms with Crippen molar-refractivity contribution in [3.05, 3.63) is 57.5 Å². The third kappa shape index (κ3) is 3.73. The van der Waals surface area contributed by atoms with Gasteiger partial charge in [0.2, 0.25) is 10.0 Å². The normalized spacial score (nSPS) is 18.4. The molecule has 0 spiro atoms. The molecule has 0 saturated carbocycles. The van der Waals surface area contributed by atoms with Gasteiger partial charge in [0, 0.05) is 30.4 Å². The monoisotopic (exact) mass is 382 g/mol. The number of aryl methyl sites for hydroxylation is 1. The van der Waals surface area contributed by atoms with Crippen LogP contribution in [0.4, 0.5) is 0 Å². The highest BCUT2D eigenvalue weighted by Crippen LogP contribution is 2.25. The van der Waals surface area contributed by atoms with Crippen molar-refractivity contribution in [3.63, 3.8) is 0 Å². The molecular weight excluding hydrogens is 364 g/mol. The van der Waals surface area contributed by atoms with Gasteiger partial charge in [-0.2, -0.15) is 4.31 Å². The fourth-order valence-corrected chi connectivity index (χ4v) is 4.57. The van der Waals surface area contributed by atoms with Crippen LogP contribution in [0.2, 0.25) is 5.02 Å². The van der Waals surface area contributed by atoms with E-state index in [0.29, 0.717) is 23.7 Å². The largest absolute Gasteiger partial charge is 0.489 e. The second-order valence-electron chi connectivity index (χ2n) is 6.08. The lowest BCUT2D eigenvalue weighted by atomic mass is 10.3. The lowest BCUT2D eigenvalue weighted by Gasteiger charge is -2.18. The molecule has 0 N–H and O–H groups in total. The van der Waals surface area contributed by atoms with Crippen LogP contribution in [0.25, 0.3) is 0 Å². The van der Waals surface area contributed by atoms with Gasteiger partial charge in [0.25, 0.3) is 5.56 Å². The summed E-state index contributed by atoms with van der Waals surface area (Å²) in [5, 5.41) is 0.378. The van der Waals surface area contributed by atoms with Crippen LogP contribution in [0.5, 0.6) is 5.75 Å². The number of ether oxygens (including phenoxy) is 1. The van der Waals surface area contributed by atoms with Crippen LogP contribution in [-0.4, -0.2) is 36.5 Å². The number of nitrogens with zero attached hydrogens (tertiary/aromatic N) is 2. The Bertz CT molecular complexity index is 955. The number of hydrogen-bond acceptors (Lipinski definition) is 4. The van der Waals surface area contributed by atoms with Gasteiger partial charge in [-0.15, -0.1) is 0 Å². The zero-order valence-electron chi connectivity index (χ0n) is 14.0. The Morgan fingerprint density at radius 3 is 2.68 bits per heavy atom. The first-order chi connectivity index (χ1) is 11.8. The van der Waals surface area contributed by atoms with Gasteiger partial charge >= 0.3 is 0 Å². The maximum absolute atomic E-state index is 12.7. The van der Waals surface area contributed by atoms with E-state index < -0.39 is 10.0 Å². The molecule has 8 heteroatoms. The van der Waals surface area contributed by atoms with Gasteiger partial charge in [-0.25, -0.2) is 8.42 Å². The Hall–Kier alpha value is -1.83. The number of aromatic nitrogens is 1. The molecule has 25 heavy (non-hydrogen) atoms. The summed E-state index contributed by atoms with van der Waals surface area (Å²) in [5.41, 5.74) is 0.625. The van der Waals surface area contributed by atoms with Gasteiger partial charge in [0.15, 0.2) is 0 Å². The average molecular weight is 383 g/mol. The Kier molecular flexibility index (Phi) is 4.90. The summed E-state index contributed by atoms with van der Waals surface area (Å²) in [4.78, 5) is 12.0. The smallest absolute Gasteiger partial charge is 0.254 e. The number of hydrogen-bond donors (Lipinski definition) is 0. The highest BCUT2D eigenvalue weighted by atomic mass is 35.5. The first kappa shape index (κ1) is 18.0. The van der Waals surface area contributed by atoms with Crippen LogP contribution < -0.4 is 10.3 Å². The molecule has 1 aliphatic rings. The predicted molar refractivity (Wildman–Crippen MR) is 95.7 cm³/mol. The van der Waals surface area contributed by atoms with Crippen molar-refractivity contribution in [2.24, 2.45) is 7.05 Å². The van der Waals surface area contributed by atoms with E-state index in [-0.39, 0.29) is 23.1 Å². The summed E-state index contributed by atoms with van der Waals surface area (Å²) < 4.78 is 34.1. The Morgan fingerprint density at radius 1 is 1.24 bits per heavy atom. The molecule has 134 valence electrons. The van der Waals surface area contributed by atoms with Crippen LogP contribution >= 0.6 is 11.6 Å². The molecule has 2 aromatic rings. The molecule has 0 amide bonds. The first-order valence-corrected chi connectivity index (χ1v) is 9.69. The van der Waals surface area contributed by atoms with Gasteiger partial charge in [-0.3, -0.25) is 4.79 Å². The van der Waals surface area contributed by atoms with Crippen molar-refractivity contribution in [1.82, 2.24) is 8.87 Å². The zero-order valence-corrected chi connectivity index (χ0v) is 15.5. The third-order valence-corrected chi connectivity index (χ3v) is 6.42. The third-order valence-electron chi connectivity index (χ3n) is 4.32. The summed E-state index contributed by atoms with van der Waals surface area (Å²) in [6, 6.07) is 9.40. The predicted octanol–water partition coefficient (Wildman–Crippen LogP) is 2.19. The molecule has 1 aliphatic heterocycles. The minimum Gasteiger partial charge on any atom is -0.489 e. The number of rotatable bonds is 4. The van der Waals surface area contributed by atoms with Crippen LogP contribution in [0.1, 0.15) is 12.1 Å². The van der Waals surface area contributed by atoms with Gasteiger partial charge < -0.3 is 9.30 Å². The first-order valence-electron chi connectivity index (χ1n) is 7.87. The molecule has 1 fully saturated rings. The fourth-order valence-electron chi connectivity index (χ4n) is 2.79. The lowest BCUT2D eigenvalue weighted by Crippen LogP contribution is -2.31. The summed E-state index contributed by atoms with van der Waals surface area (Å²) in [7, 11) is -1.92. The van der Waals surface area contributed by atoms with Crippen LogP contribution in [0, 0.1) is 6.92 Å². The topological polar surface area (TPSA) is 68.6 Å². The number of benzene rings is 1. The molecule has 1 aromatic heterocycles.